The van der Waals surface area contributed by atoms with Crippen LogP contribution in [-0.4, -0.2) is 28.9 Å². The molecule has 5 nitrogen and oxygen atoms in total. The third kappa shape index (κ3) is 4.54. The van der Waals surface area contributed by atoms with Crippen molar-refractivity contribution in [3.63, 3.8) is 0 Å². The molecule has 0 bridgehead atoms. The highest BCUT2D eigenvalue weighted by molar-refractivity contribution is 7.99. The second-order valence-corrected chi connectivity index (χ2v) is 7.17. The Labute approximate surface area is 147 Å². The molecule has 2 amide bonds. The van der Waals surface area contributed by atoms with E-state index in [0.29, 0.717) is 6.54 Å². The summed E-state index contributed by atoms with van der Waals surface area (Å²) in [5, 5.41) is 6.95. The van der Waals surface area contributed by atoms with E-state index in [-0.39, 0.29) is 12.1 Å². The SMILES string of the molecule is CCSc1ccc([C@H](C)NC(=O)N(C)Cc2c(C)noc2C)cc1. The number of hydrogen-bond donors (Lipinski definition) is 1. The van der Waals surface area contributed by atoms with E-state index in [2.05, 4.69) is 41.7 Å². The van der Waals surface area contributed by atoms with E-state index in [1.165, 1.54) is 4.90 Å². The molecule has 0 unspecified atom stereocenters. The van der Waals surface area contributed by atoms with Gasteiger partial charge in [0.2, 0.25) is 0 Å². The molecule has 6 heteroatoms. The predicted molar refractivity (Wildman–Crippen MR) is 97.2 cm³/mol. The van der Waals surface area contributed by atoms with Gasteiger partial charge in [0.25, 0.3) is 0 Å². The molecule has 0 aliphatic rings. The average Bonchev–Trinajstić information content (AvgIpc) is 2.87. The normalized spacial score (nSPS) is 12.0. The van der Waals surface area contributed by atoms with Gasteiger partial charge >= 0.3 is 6.03 Å². The molecule has 0 saturated carbocycles. The lowest BCUT2D eigenvalue weighted by Crippen LogP contribution is -2.38. The molecule has 0 aliphatic heterocycles. The number of urea groups is 1. The van der Waals surface area contributed by atoms with Crippen molar-refractivity contribution in [1.82, 2.24) is 15.4 Å². The van der Waals surface area contributed by atoms with Gasteiger partial charge in [0.15, 0.2) is 0 Å². The summed E-state index contributed by atoms with van der Waals surface area (Å²) in [6.45, 7) is 8.35. The van der Waals surface area contributed by atoms with Crippen molar-refractivity contribution in [2.75, 3.05) is 12.8 Å². The average molecular weight is 347 g/mol. The Kier molecular flexibility index (Phi) is 6.31. The number of aryl methyl sites for hydroxylation is 2. The van der Waals surface area contributed by atoms with Crippen molar-refractivity contribution in [3.8, 4) is 0 Å². The maximum absolute atomic E-state index is 12.4. The molecular weight excluding hydrogens is 322 g/mol. The van der Waals surface area contributed by atoms with Crippen LogP contribution in [0.3, 0.4) is 0 Å². The van der Waals surface area contributed by atoms with E-state index >= 15 is 0 Å². The van der Waals surface area contributed by atoms with Crippen molar-refractivity contribution in [2.45, 2.75) is 45.2 Å². The number of benzene rings is 1. The smallest absolute Gasteiger partial charge is 0.317 e. The Morgan fingerprint density at radius 3 is 2.54 bits per heavy atom. The fourth-order valence-electron chi connectivity index (χ4n) is 2.43. The molecule has 1 heterocycles. The zero-order chi connectivity index (χ0) is 17.7. The fourth-order valence-corrected chi connectivity index (χ4v) is 3.10. The van der Waals surface area contributed by atoms with Crippen molar-refractivity contribution in [3.05, 3.63) is 46.8 Å². The van der Waals surface area contributed by atoms with Gasteiger partial charge in [-0.25, -0.2) is 4.79 Å². The lowest BCUT2D eigenvalue weighted by molar-refractivity contribution is 0.203. The van der Waals surface area contributed by atoms with Crippen molar-refractivity contribution in [1.29, 1.82) is 0 Å². The summed E-state index contributed by atoms with van der Waals surface area (Å²) >= 11 is 1.81. The first-order chi connectivity index (χ1) is 11.4. The summed E-state index contributed by atoms with van der Waals surface area (Å²) in [6, 6.07) is 8.16. The molecular formula is C18H25N3O2S. The van der Waals surface area contributed by atoms with E-state index in [0.717, 1.165) is 28.3 Å². The molecule has 130 valence electrons. The summed E-state index contributed by atoms with van der Waals surface area (Å²) in [5.74, 6) is 1.81. The third-order valence-electron chi connectivity index (χ3n) is 3.95. The number of aromatic nitrogens is 1. The highest BCUT2D eigenvalue weighted by Crippen LogP contribution is 2.21. The van der Waals surface area contributed by atoms with E-state index in [4.69, 9.17) is 4.52 Å². The van der Waals surface area contributed by atoms with Gasteiger partial charge in [0.1, 0.15) is 5.76 Å². The molecule has 2 rings (SSSR count). The van der Waals surface area contributed by atoms with Gasteiger partial charge in [-0.3, -0.25) is 0 Å². The van der Waals surface area contributed by atoms with Crippen LogP contribution in [0, 0.1) is 13.8 Å². The number of nitrogens with one attached hydrogen (secondary N) is 1. The number of thioether (sulfide) groups is 1. The van der Waals surface area contributed by atoms with Crippen LogP contribution in [0.5, 0.6) is 0 Å². The van der Waals surface area contributed by atoms with Crippen LogP contribution in [0.25, 0.3) is 0 Å². The van der Waals surface area contributed by atoms with Crippen LogP contribution >= 0.6 is 11.8 Å². The summed E-state index contributed by atoms with van der Waals surface area (Å²) in [6.07, 6.45) is 0. The van der Waals surface area contributed by atoms with Gasteiger partial charge in [-0.05, 0) is 44.2 Å². The summed E-state index contributed by atoms with van der Waals surface area (Å²) in [5.41, 5.74) is 2.87. The molecule has 1 aromatic carbocycles. The number of carbonyl (C=O) groups is 1. The number of rotatable bonds is 6. The van der Waals surface area contributed by atoms with Crippen molar-refractivity contribution in [2.24, 2.45) is 0 Å². The Balaban J connectivity index is 1.95. The minimum Gasteiger partial charge on any atom is -0.361 e. The minimum atomic E-state index is -0.116. The topological polar surface area (TPSA) is 58.4 Å². The van der Waals surface area contributed by atoms with E-state index in [1.54, 1.807) is 11.9 Å². The van der Waals surface area contributed by atoms with Crippen LogP contribution < -0.4 is 5.32 Å². The molecule has 2 aromatic rings. The zero-order valence-electron chi connectivity index (χ0n) is 14.9. The lowest BCUT2D eigenvalue weighted by Gasteiger charge is -2.21. The van der Waals surface area contributed by atoms with Gasteiger partial charge < -0.3 is 14.7 Å². The fraction of sp³-hybridized carbons (Fsp3) is 0.444. The van der Waals surface area contributed by atoms with Gasteiger partial charge in [-0.2, -0.15) is 0 Å². The van der Waals surface area contributed by atoms with Crippen LogP contribution in [0.1, 0.15) is 42.5 Å². The van der Waals surface area contributed by atoms with Crippen LogP contribution in [0.4, 0.5) is 4.79 Å². The molecule has 1 atom stereocenters. The van der Waals surface area contributed by atoms with Gasteiger partial charge in [-0.1, -0.05) is 24.2 Å². The van der Waals surface area contributed by atoms with Crippen LogP contribution in [-0.2, 0) is 6.54 Å². The quantitative estimate of drug-likeness (QED) is 0.791. The summed E-state index contributed by atoms with van der Waals surface area (Å²) in [7, 11) is 1.77. The Hall–Kier alpha value is -1.95. The largest absolute Gasteiger partial charge is 0.361 e. The lowest BCUT2D eigenvalue weighted by atomic mass is 10.1. The minimum absolute atomic E-state index is 0.0507. The molecule has 0 radical (unpaired) electrons. The van der Waals surface area contributed by atoms with Crippen molar-refractivity contribution < 1.29 is 9.32 Å². The second kappa shape index (κ2) is 8.24. The Morgan fingerprint density at radius 1 is 1.33 bits per heavy atom. The van der Waals surface area contributed by atoms with Crippen LogP contribution in [0.2, 0.25) is 0 Å². The zero-order valence-corrected chi connectivity index (χ0v) is 15.7. The summed E-state index contributed by atoms with van der Waals surface area (Å²) < 4.78 is 5.15. The highest BCUT2D eigenvalue weighted by atomic mass is 32.2. The highest BCUT2D eigenvalue weighted by Gasteiger charge is 2.17. The van der Waals surface area contributed by atoms with E-state index in [1.807, 2.05) is 32.5 Å². The molecule has 1 aromatic heterocycles. The standard InChI is InChI=1S/C18H25N3O2S/c1-6-24-16-9-7-15(8-10-16)12(2)19-18(22)21(5)11-17-13(3)20-23-14(17)4/h7-10,12H,6,11H2,1-5H3,(H,19,22)/t12-/m0/s1. The Morgan fingerprint density at radius 2 is 2.00 bits per heavy atom. The maximum atomic E-state index is 12.4. The number of nitrogens with zero attached hydrogens (tertiary/aromatic N) is 2. The predicted octanol–water partition coefficient (Wildman–Crippen LogP) is 4.31. The van der Waals surface area contributed by atoms with Gasteiger partial charge in [0, 0.05) is 17.5 Å². The first-order valence-corrected chi connectivity index (χ1v) is 9.07. The van der Waals surface area contributed by atoms with E-state index < -0.39 is 0 Å². The molecule has 0 aliphatic carbocycles. The van der Waals surface area contributed by atoms with Gasteiger partial charge in [0.05, 0.1) is 18.3 Å². The van der Waals surface area contributed by atoms with Gasteiger partial charge in [-0.15, -0.1) is 11.8 Å². The van der Waals surface area contributed by atoms with E-state index in [9.17, 15) is 4.79 Å². The monoisotopic (exact) mass is 347 g/mol. The maximum Gasteiger partial charge on any atom is 0.317 e. The number of amides is 2. The van der Waals surface area contributed by atoms with Crippen molar-refractivity contribution >= 4 is 17.8 Å². The molecule has 0 saturated heterocycles. The van der Waals surface area contributed by atoms with Crippen LogP contribution in [0.15, 0.2) is 33.7 Å². The molecule has 0 fully saturated rings. The molecule has 0 spiro atoms. The first-order valence-electron chi connectivity index (χ1n) is 8.08. The molecule has 1 N–H and O–H groups in total. The Bertz CT molecular complexity index is 663. The first kappa shape index (κ1) is 18.4. The summed E-state index contributed by atoms with van der Waals surface area (Å²) in [4.78, 5) is 15.3. The second-order valence-electron chi connectivity index (χ2n) is 5.83. The molecule has 24 heavy (non-hydrogen) atoms. The third-order valence-corrected chi connectivity index (χ3v) is 4.85. The number of carbonyl (C=O) groups excluding carboxylic acids is 1. The number of hydrogen-bond acceptors (Lipinski definition) is 4.